The van der Waals surface area contributed by atoms with E-state index in [0.29, 0.717) is 23.4 Å². The van der Waals surface area contributed by atoms with Crippen molar-refractivity contribution in [2.45, 2.75) is 31.7 Å². The number of carbonyl (C=O) groups is 1. The summed E-state index contributed by atoms with van der Waals surface area (Å²) in [6.45, 7) is 2.53. The van der Waals surface area contributed by atoms with Crippen molar-refractivity contribution in [2.24, 2.45) is 0 Å². The van der Waals surface area contributed by atoms with Crippen molar-refractivity contribution in [3.63, 3.8) is 0 Å². The molecule has 1 atom stereocenters. The third-order valence-electron chi connectivity index (χ3n) is 4.02. The van der Waals surface area contributed by atoms with Gasteiger partial charge in [0.2, 0.25) is 6.41 Å². The van der Waals surface area contributed by atoms with Gasteiger partial charge < -0.3 is 14.6 Å². The molecule has 1 aromatic carbocycles. The summed E-state index contributed by atoms with van der Waals surface area (Å²) >= 11 is 0. The van der Waals surface area contributed by atoms with E-state index < -0.39 is 11.9 Å². The molecular weight excluding hydrogens is 299 g/mol. The van der Waals surface area contributed by atoms with Crippen molar-refractivity contribution in [1.82, 2.24) is 14.9 Å². The Bertz CT molecular complexity index is 713. The van der Waals surface area contributed by atoms with Gasteiger partial charge in [0.25, 0.3) is 0 Å². The van der Waals surface area contributed by atoms with E-state index in [0.717, 1.165) is 19.3 Å². The molecule has 0 aliphatic carbocycles. The van der Waals surface area contributed by atoms with Crippen LogP contribution >= 0.6 is 0 Å². The molecule has 0 saturated carbocycles. The van der Waals surface area contributed by atoms with E-state index in [9.17, 15) is 18.0 Å². The number of ether oxygens (including phenoxy) is 1. The smallest absolute Gasteiger partial charge is 0.406 e. The molecule has 1 amide bonds. The Morgan fingerprint density at radius 3 is 2.91 bits per heavy atom. The third kappa shape index (κ3) is 2.49. The van der Waals surface area contributed by atoms with Gasteiger partial charge in [-0.25, -0.2) is 4.98 Å². The summed E-state index contributed by atoms with van der Waals surface area (Å²) in [7, 11) is 0. The number of aromatic amines is 1. The van der Waals surface area contributed by atoms with Crippen molar-refractivity contribution >= 4 is 17.4 Å². The van der Waals surface area contributed by atoms with Crippen molar-refractivity contribution < 1.29 is 22.7 Å². The van der Waals surface area contributed by atoms with Gasteiger partial charge in [-0.3, -0.25) is 4.79 Å². The second-order valence-corrected chi connectivity index (χ2v) is 5.49. The van der Waals surface area contributed by atoms with Crippen LogP contribution < -0.4 is 4.74 Å². The second-order valence-electron chi connectivity index (χ2n) is 5.49. The number of amides is 1. The van der Waals surface area contributed by atoms with Crippen molar-refractivity contribution in [3.05, 3.63) is 24.0 Å². The summed E-state index contributed by atoms with van der Waals surface area (Å²) < 4.78 is 40.7. The lowest BCUT2D eigenvalue weighted by Crippen LogP contribution is -2.38. The zero-order chi connectivity index (χ0) is 16.0. The summed E-state index contributed by atoms with van der Waals surface area (Å²) in [4.78, 5) is 20.2. The molecule has 1 N–H and O–H groups in total. The summed E-state index contributed by atoms with van der Waals surface area (Å²) in [5.74, 6) is 0.260. The molecule has 2 aromatic rings. The van der Waals surface area contributed by atoms with Gasteiger partial charge in [-0.1, -0.05) is 0 Å². The van der Waals surface area contributed by atoms with Crippen LogP contribution in [-0.2, 0) is 10.3 Å². The monoisotopic (exact) mass is 313 g/mol. The van der Waals surface area contributed by atoms with Crippen LogP contribution in [0, 0.1) is 0 Å². The van der Waals surface area contributed by atoms with Gasteiger partial charge in [-0.2, -0.15) is 0 Å². The summed E-state index contributed by atoms with van der Waals surface area (Å²) in [5.41, 5.74) is 0.408. The number of H-pyrrole nitrogens is 1. The number of aromatic nitrogens is 2. The molecule has 8 heteroatoms. The predicted molar refractivity (Wildman–Crippen MR) is 72.1 cm³/mol. The molecule has 0 spiro atoms. The first-order valence-corrected chi connectivity index (χ1v) is 6.80. The number of fused-ring (bicyclic) bond motifs is 1. The number of imidazole rings is 1. The standard InChI is InChI=1S/C14H14F3N3O2/c1-13(5-2-6-20(13)8-21)12-18-10-4-3-9(7-11(10)19-12)22-14(15,16)17/h3-4,7-8H,2,5-6H2,1H3,(H,18,19)/t13-/m0/s1. The van der Waals surface area contributed by atoms with Gasteiger partial charge in [0.15, 0.2) is 0 Å². The lowest BCUT2D eigenvalue weighted by Gasteiger charge is -2.30. The molecule has 0 unspecified atom stereocenters. The molecule has 0 bridgehead atoms. The number of carbonyl (C=O) groups excluding carboxylic acids is 1. The highest BCUT2D eigenvalue weighted by Gasteiger charge is 2.40. The number of nitrogens with zero attached hydrogens (tertiary/aromatic N) is 2. The molecule has 3 rings (SSSR count). The van der Waals surface area contributed by atoms with Crippen LogP contribution in [0.25, 0.3) is 11.0 Å². The van der Waals surface area contributed by atoms with Crippen molar-refractivity contribution in [3.8, 4) is 5.75 Å². The van der Waals surface area contributed by atoms with Gasteiger partial charge in [-0.05, 0) is 31.9 Å². The van der Waals surface area contributed by atoms with Crippen LogP contribution in [0.4, 0.5) is 13.2 Å². The Balaban J connectivity index is 1.98. The van der Waals surface area contributed by atoms with Crippen LogP contribution in [0.5, 0.6) is 5.75 Å². The van der Waals surface area contributed by atoms with Crippen LogP contribution in [-0.4, -0.2) is 34.2 Å². The zero-order valence-electron chi connectivity index (χ0n) is 11.8. The quantitative estimate of drug-likeness (QED) is 0.886. The van der Waals surface area contributed by atoms with Crippen molar-refractivity contribution in [1.29, 1.82) is 0 Å². The molecular formula is C14H14F3N3O2. The van der Waals surface area contributed by atoms with E-state index >= 15 is 0 Å². The predicted octanol–water partition coefficient (Wildman–Crippen LogP) is 2.93. The van der Waals surface area contributed by atoms with E-state index in [1.54, 1.807) is 4.90 Å². The minimum absolute atomic E-state index is 0.306. The maximum Gasteiger partial charge on any atom is 0.573 e. The Kier molecular flexibility index (Phi) is 3.26. The van der Waals surface area contributed by atoms with Gasteiger partial charge in [0.05, 0.1) is 16.6 Å². The van der Waals surface area contributed by atoms with Crippen molar-refractivity contribution in [2.75, 3.05) is 6.54 Å². The third-order valence-corrected chi connectivity index (χ3v) is 4.02. The van der Waals surface area contributed by atoms with E-state index in [2.05, 4.69) is 14.7 Å². The van der Waals surface area contributed by atoms with E-state index in [4.69, 9.17) is 0 Å². The van der Waals surface area contributed by atoms with E-state index in [-0.39, 0.29) is 5.75 Å². The highest BCUT2D eigenvalue weighted by Crippen LogP contribution is 2.37. The Labute approximate surface area is 124 Å². The Morgan fingerprint density at radius 1 is 1.45 bits per heavy atom. The Morgan fingerprint density at radius 2 is 2.23 bits per heavy atom. The van der Waals surface area contributed by atoms with Gasteiger partial charge in [0, 0.05) is 12.6 Å². The van der Waals surface area contributed by atoms with Crippen LogP contribution in [0.15, 0.2) is 18.2 Å². The molecule has 2 heterocycles. The van der Waals surface area contributed by atoms with Gasteiger partial charge >= 0.3 is 6.36 Å². The van der Waals surface area contributed by atoms with E-state index in [1.807, 2.05) is 6.92 Å². The van der Waals surface area contributed by atoms with Crippen LogP contribution in [0.1, 0.15) is 25.6 Å². The fourth-order valence-electron chi connectivity index (χ4n) is 2.85. The molecule has 1 saturated heterocycles. The first-order valence-electron chi connectivity index (χ1n) is 6.80. The fraction of sp³-hybridized carbons (Fsp3) is 0.429. The van der Waals surface area contributed by atoms with Gasteiger partial charge in [0.1, 0.15) is 11.6 Å². The van der Waals surface area contributed by atoms with E-state index in [1.165, 1.54) is 18.2 Å². The SMILES string of the molecule is C[C@@]1(c2nc3ccc(OC(F)(F)F)cc3[nH]2)CCCN1C=O. The number of likely N-dealkylation sites (tertiary alicyclic amines) is 1. The number of hydrogen-bond acceptors (Lipinski definition) is 3. The largest absolute Gasteiger partial charge is 0.573 e. The molecule has 0 radical (unpaired) electrons. The lowest BCUT2D eigenvalue weighted by atomic mass is 9.98. The summed E-state index contributed by atoms with van der Waals surface area (Å²) in [5, 5.41) is 0. The number of benzene rings is 1. The lowest BCUT2D eigenvalue weighted by molar-refractivity contribution is -0.274. The first kappa shape index (κ1) is 14.7. The Hall–Kier alpha value is -2.25. The molecule has 1 fully saturated rings. The number of nitrogens with one attached hydrogen (secondary N) is 1. The second kappa shape index (κ2) is 4.89. The highest BCUT2D eigenvalue weighted by molar-refractivity contribution is 5.77. The summed E-state index contributed by atoms with van der Waals surface area (Å²) in [6.07, 6.45) is -2.35. The topological polar surface area (TPSA) is 58.2 Å². The molecule has 5 nitrogen and oxygen atoms in total. The number of halogens is 3. The maximum atomic E-state index is 12.3. The molecule has 1 aromatic heterocycles. The summed E-state index contributed by atoms with van der Waals surface area (Å²) in [6, 6.07) is 3.93. The van der Waals surface area contributed by atoms with Gasteiger partial charge in [-0.15, -0.1) is 13.2 Å². The maximum absolute atomic E-state index is 12.3. The highest BCUT2D eigenvalue weighted by atomic mass is 19.4. The number of hydrogen-bond donors (Lipinski definition) is 1. The van der Waals surface area contributed by atoms with Crippen LogP contribution in [0.3, 0.4) is 0 Å². The number of rotatable bonds is 3. The molecule has 1 aliphatic rings. The molecule has 22 heavy (non-hydrogen) atoms. The minimum Gasteiger partial charge on any atom is -0.406 e. The zero-order valence-corrected chi connectivity index (χ0v) is 11.8. The minimum atomic E-state index is -4.73. The fourth-order valence-corrected chi connectivity index (χ4v) is 2.85. The molecule has 1 aliphatic heterocycles. The average molecular weight is 313 g/mol. The molecule has 118 valence electrons. The first-order chi connectivity index (χ1) is 10.3. The van der Waals surface area contributed by atoms with Crippen LogP contribution in [0.2, 0.25) is 0 Å². The normalized spacial score (nSPS) is 22.3. The number of alkyl halides is 3. The average Bonchev–Trinajstić information content (AvgIpc) is 3.00.